The van der Waals surface area contributed by atoms with Crippen molar-refractivity contribution in [2.45, 2.75) is 51.2 Å². The Morgan fingerprint density at radius 1 is 1.07 bits per heavy atom. The van der Waals surface area contributed by atoms with Crippen LogP contribution in [0.4, 0.5) is 5.69 Å². The fourth-order valence-corrected chi connectivity index (χ4v) is 4.51. The number of carbonyl (C=O) groups excluding carboxylic acids is 2. The summed E-state index contributed by atoms with van der Waals surface area (Å²) in [6.45, 7) is 4.97. The Morgan fingerprint density at radius 3 is 2.50 bits per heavy atom. The Bertz CT molecular complexity index is 796. The Hall–Kier alpha value is -2.34. The number of nitrogens with two attached hydrogens (primary N) is 1. The van der Waals surface area contributed by atoms with Gasteiger partial charge in [0.1, 0.15) is 12.2 Å². The quantitative estimate of drug-likeness (QED) is 0.488. The third kappa shape index (κ3) is 4.07. The van der Waals surface area contributed by atoms with E-state index in [1.165, 1.54) is 11.6 Å². The van der Waals surface area contributed by atoms with Gasteiger partial charge in [0.15, 0.2) is 0 Å². The van der Waals surface area contributed by atoms with Crippen LogP contribution in [0.1, 0.15) is 59.7 Å². The Balaban J connectivity index is 1.50. The van der Waals surface area contributed by atoms with Gasteiger partial charge in [0.2, 0.25) is 0 Å². The molecule has 3 fully saturated rings. The van der Waals surface area contributed by atoms with Gasteiger partial charge in [-0.3, -0.25) is 4.90 Å². The van der Waals surface area contributed by atoms with Gasteiger partial charge in [-0.15, -0.1) is 0 Å². The standard InChI is InChI=1S/C22H28N2O4/c1-14-3-2-4-17(11-14)27-22(26)19-12-16(23)5-6-18(19)21(25)28-20-13-24-9-7-15(20)8-10-24/h5-6,11-12,15,17,20H,2-4,7-10,13,23H2,1H3. The largest absolute Gasteiger partial charge is 0.457 e. The molecule has 0 spiro atoms. The number of hydrogen-bond donors (Lipinski definition) is 1. The van der Waals surface area contributed by atoms with Crippen molar-refractivity contribution in [3.63, 3.8) is 0 Å². The molecule has 3 saturated heterocycles. The number of anilines is 1. The highest BCUT2D eigenvalue weighted by molar-refractivity contribution is 6.04. The van der Waals surface area contributed by atoms with Crippen LogP contribution in [-0.2, 0) is 9.47 Å². The second-order valence-corrected chi connectivity index (χ2v) is 8.24. The van der Waals surface area contributed by atoms with Crippen molar-refractivity contribution in [1.82, 2.24) is 4.90 Å². The molecule has 1 aromatic carbocycles. The van der Waals surface area contributed by atoms with Gasteiger partial charge in [-0.1, -0.05) is 5.57 Å². The third-order valence-electron chi connectivity index (χ3n) is 6.13. The highest BCUT2D eigenvalue weighted by atomic mass is 16.6. The van der Waals surface area contributed by atoms with E-state index in [-0.39, 0.29) is 23.3 Å². The van der Waals surface area contributed by atoms with Crippen LogP contribution in [0.25, 0.3) is 0 Å². The fraction of sp³-hybridized carbons (Fsp3) is 0.545. The van der Waals surface area contributed by atoms with E-state index in [1.54, 1.807) is 12.1 Å². The zero-order chi connectivity index (χ0) is 19.7. The van der Waals surface area contributed by atoms with Gasteiger partial charge in [0, 0.05) is 12.2 Å². The number of esters is 2. The number of nitrogen functional groups attached to an aromatic ring is 1. The predicted molar refractivity (Wildman–Crippen MR) is 106 cm³/mol. The van der Waals surface area contributed by atoms with E-state index in [0.717, 1.165) is 51.7 Å². The lowest BCUT2D eigenvalue weighted by Crippen LogP contribution is -2.52. The van der Waals surface area contributed by atoms with Crippen molar-refractivity contribution < 1.29 is 19.1 Å². The fourth-order valence-electron chi connectivity index (χ4n) is 4.51. The second-order valence-electron chi connectivity index (χ2n) is 8.24. The lowest BCUT2D eigenvalue weighted by molar-refractivity contribution is -0.0457. The smallest absolute Gasteiger partial charge is 0.339 e. The van der Waals surface area contributed by atoms with Crippen molar-refractivity contribution in [2.24, 2.45) is 5.92 Å². The molecule has 6 nitrogen and oxygen atoms in total. The average Bonchev–Trinajstić information content (AvgIpc) is 2.68. The monoisotopic (exact) mass is 384 g/mol. The van der Waals surface area contributed by atoms with Crippen LogP contribution in [0.3, 0.4) is 0 Å². The molecule has 3 aliphatic heterocycles. The van der Waals surface area contributed by atoms with E-state index in [1.807, 2.05) is 13.0 Å². The summed E-state index contributed by atoms with van der Waals surface area (Å²) in [4.78, 5) is 28.0. The van der Waals surface area contributed by atoms with E-state index in [4.69, 9.17) is 15.2 Å². The molecular weight excluding hydrogens is 356 g/mol. The molecule has 150 valence electrons. The summed E-state index contributed by atoms with van der Waals surface area (Å²) >= 11 is 0. The van der Waals surface area contributed by atoms with Crippen LogP contribution in [0.15, 0.2) is 29.8 Å². The van der Waals surface area contributed by atoms with Gasteiger partial charge in [-0.05, 0) is 82.3 Å². The minimum atomic E-state index is -0.524. The second kappa shape index (κ2) is 7.95. The van der Waals surface area contributed by atoms with Gasteiger partial charge in [-0.2, -0.15) is 0 Å². The summed E-state index contributed by atoms with van der Waals surface area (Å²) in [7, 11) is 0. The summed E-state index contributed by atoms with van der Waals surface area (Å²) in [6.07, 6.45) is 6.55. The van der Waals surface area contributed by atoms with E-state index >= 15 is 0 Å². The number of piperidine rings is 3. The third-order valence-corrected chi connectivity index (χ3v) is 6.13. The molecule has 2 N–H and O–H groups in total. The number of nitrogens with zero attached hydrogens (tertiary/aromatic N) is 1. The summed E-state index contributed by atoms with van der Waals surface area (Å²) < 4.78 is 11.5. The first-order valence-corrected chi connectivity index (χ1v) is 10.2. The van der Waals surface area contributed by atoms with Crippen molar-refractivity contribution in [3.8, 4) is 0 Å². The van der Waals surface area contributed by atoms with Gasteiger partial charge >= 0.3 is 11.9 Å². The summed E-state index contributed by atoms with van der Waals surface area (Å²) in [5.41, 5.74) is 7.93. The maximum absolute atomic E-state index is 12.9. The van der Waals surface area contributed by atoms with Crippen LogP contribution in [0.2, 0.25) is 0 Å². The van der Waals surface area contributed by atoms with E-state index in [2.05, 4.69) is 4.90 Å². The lowest BCUT2D eigenvalue weighted by Gasteiger charge is -2.43. The number of ether oxygens (including phenoxy) is 2. The first-order valence-electron chi connectivity index (χ1n) is 10.2. The van der Waals surface area contributed by atoms with Gasteiger partial charge in [-0.25, -0.2) is 9.59 Å². The molecule has 5 rings (SSSR count). The minimum absolute atomic E-state index is 0.111. The van der Waals surface area contributed by atoms with Crippen LogP contribution in [0, 0.1) is 5.92 Å². The van der Waals surface area contributed by atoms with Crippen molar-refractivity contribution in [1.29, 1.82) is 0 Å². The summed E-state index contributed by atoms with van der Waals surface area (Å²) in [6, 6.07) is 4.70. The number of hydrogen-bond acceptors (Lipinski definition) is 6. The highest BCUT2D eigenvalue weighted by Gasteiger charge is 2.37. The molecule has 2 bridgehead atoms. The molecule has 1 aromatic rings. The first-order chi connectivity index (χ1) is 13.5. The maximum Gasteiger partial charge on any atom is 0.339 e. The molecule has 1 aliphatic carbocycles. The van der Waals surface area contributed by atoms with Crippen LogP contribution < -0.4 is 5.73 Å². The Kier molecular flexibility index (Phi) is 5.40. The van der Waals surface area contributed by atoms with Crippen LogP contribution >= 0.6 is 0 Å². The van der Waals surface area contributed by atoms with E-state index in [0.29, 0.717) is 11.6 Å². The molecule has 6 heteroatoms. The molecular formula is C22H28N2O4. The zero-order valence-corrected chi connectivity index (χ0v) is 16.4. The van der Waals surface area contributed by atoms with Gasteiger partial charge in [0.25, 0.3) is 0 Å². The van der Waals surface area contributed by atoms with Crippen LogP contribution in [-0.4, -0.2) is 48.7 Å². The Labute approximate surface area is 165 Å². The topological polar surface area (TPSA) is 81.9 Å². The summed E-state index contributed by atoms with van der Waals surface area (Å²) in [5, 5.41) is 0. The highest BCUT2D eigenvalue weighted by Crippen LogP contribution is 2.30. The number of carbonyl (C=O) groups is 2. The number of rotatable bonds is 4. The van der Waals surface area contributed by atoms with E-state index < -0.39 is 11.9 Å². The maximum atomic E-state index is 12.9. The van der Waals surface area contributed by atoms with Crippen LogP contribution in [0.5, 0.6) is 0 Å². The average molecular weight is 384 g/mol. The Morgan fingerprint density at radius 2 is 1.82 bits per heavy atom. The molecule has 4 aliphatic rings. The number of fused-ring (bicyclic) bond motifs is 3. The van der Waals surface area contributed by atoms with Crippen molar-refractivity contribution in [2.75, 3.05) is 25.4 Å². The first kappa shape index (κ1) is 19.0. The molecule has 0 saturated carbocycles. The zero-order valence-electron chi connectivity index (χ0n) is 16.4. The van der Waals surface area contributed by atoms with Crippen molar-refractivity contribution >= 4 is 17.6 Å². The van der Waals surface area contributed by atoms with E-state index in [9.17, 15) is 9.59 Å². The number of allylic oxidation sites excluding steroid dienone is 1. The lowest BCUT2D eigenvalue weighted by atomic mass is 9.86. The molecule has 2 unspecified atom stereocenters. The molecule has 2 atom stereocenters. The van der Waals surface area contributed by atoms with Gasteiger partial charge < -0.3 is 15.2 Å². The predicted octanol–water partition coefficient (Wildman–Crippen LogP) is 3.18. The van der Waals surface area contributed by atoms with Gasteiger partial charge in [0.05, 0.1) is 11.1 Å². The summed E-state index contributed by atoms with van der Waals surface area (Å²) in [5.74, 6) is -0.585. The molecule has 0 amide bonds. The minimum Gasteiger partial charge on any atom is -0.457 e. The molecule has 0 radical (unpaired) electrons. The molecule has 3 heterocycles. The molecule has 0 aromatic heterocycles. The molecule has 28 heavy (non-hydrogen) atoms. The SMILES string of the molecule is CC1=CC(OC(=O)c2cc(N)ccc2C(=O)OC2CN3CCC2CC3)CCC1. The van der Waals surface area contributed by atoms with Crippen molar-refractivity contribution in [3.05, 3.63) is 41.0 Å². The normalized spacial score (nSPS) is 29.1. The number of benzene rings is 1.